The molecule has 40 heavy (non-hydrogen) atoms. The van der Waals surface area contributed by atoms with Crippen LogP contribution in [-0.4, -0.2) is 73.8 Å². The molecule has 0 saturated carbocycles. The van der Waals surface area contributed by atoms with Crippen LogP contribution in [0.5, 0.6) is 0 Å². The van der Waals surface area contributed by atoms with Crippen LogP contribution in [0.2, 0.25) is 5.15 Å². The number of hydrogen-bond acceptors (Lipinski definition) is 7. The number of halogens is 1. The van der Waals surface area contributed by atoms with Gasteiger partial charge in [-0.15, -0.1) is 0 Å². The number of anilines is 1. The normalized spacial score (nSPS) is 14.4. The van der Waals surface area contributed by atoms with Crippen molar-refractivity contribution in [1.82, 2.24) is 34.4 Å². The van der Waals surface area contributed by atoms with E-state index in [1.807, 2.05) is 50.1 Å². The number of aromatic amines is 1. The summed E-state index contributed by atoms with van der Waals surface area (Å²) in [7, 11) is 1.84. The lowest BCUT2D eigenvalue weighted by Crippen LogP contribution is -2.38. The number of H-pyrrole nitrogens is 1. The van der Waals surface area contributed by atoms with Crippen LogP contribution in [0.3, 0.4) is 0 Å². The lowest BCUT2D eigenvalue weighted by atomic mass is 9.98. The van der Waals surface area contributed by atoms with Gasteiger partial charge in [-0.1, -0.05) is 23.2 Å². The molecule has 1 aromatic carbocycles. The zero-order valence-electron chi connectivity index (χ0n) is 23.0. The minimum Gasteiger partial charge on any atom is -0.383 e. The van der Waals surface area contributed by atoms with Crippen LogP contribution in [0, 0.1) is 13.8 Å². The number of aryl methyl sites for hydroxylation is 3. The highest BCUT2D eigenvalue weighted by molar-refractivity contribution is 6.29. The fourth-order valence-electron chi connectivity index (χ4n) is 5.67. The first-order valence-electron chi connectivity index (χ1n) is 13.6. The van der Waals surface area contributed by atoms with E-state index >= 15 is 0 Å². The standard InChI is InChI=1S/C29H33ClN8O2/c1-18-14-20(6-7-31-24-4-5-25(30)34-27(24)22-16-32-35-19(22)2)26-21(15-18)29(39)36(3)28-23(26)17-33-38(28)9-8-37-10-12-40-13-11-37/h4-5,14-17,31H,6-13H2,1-3H3,(H,32,35). The number of nitrogens with one attached hydrogen (secondary N) is 2. The maximum absolute atomic E-state index is 13.6. The van der Waals surface area contributed by atoms with Crippen LogP contribution in [-0.2, 0) is 24.8 Å². The monoisotopic (exact) mass is 560 g/mol. The Balaban J connectivity index is 1.32. The van der Waals surface area contributed by atoms with E-state index in [9.17, 15) is 4.79 Å². The van der Waals surface area contributed by atoms with Gasteiger partial charge in [0.15, 0.2) is 0 Å². The van der Waals surface area contributed by atoms with Gasteiger partial charge in [-0.3, -0.25) is 19.4 Å². The Morgan fingerprint density at radius 3 is 2.73 bits per heavy atom. The van der Waals surface area contributed by atoms with Gasteiger partial charge in [0.25, 0.3) is 5.56 Å². The molecule has 0 amide bonds. The third-order valence-corrected chi connectivity index (χ3v) is 7.90. The molecule has 0 spiro atoms. The molecule has 1 aliphatic rings. The first-order chi connectivity index (χ1) is 19.4. The van der Waals surface area contributed by atoms with Crippen molar-refractivity contribution >= 4 is 39.1 Å². The quantitative estimate of drug-likeness (QED) is 0.277. The molecule has 6 rings (SSSR count). The molecule has 1 aliphatic heterocycles. The fraction of sp³-hybridized carbons (Fsp3) is 0.379. The second-order valence-electron chi connectivity index (χ2n) is 10.4. The van der Waals surface area contributed by atoms with Gasteiger partial charge in [0, 0.05) is 61.1 Å². The molecule has 4 aromatic heterocycles. The van der Waals surface area contributed by atoms with Crippen molar-refractivity contribution in [2.75, 3.05) is 44.7 Å². The van der Waals surface area contributed by atoms with Crippen LogP contribution in [0.1, 0.15) is 16.8 Å². The zero-order valence-corrected chi connectivity index (χ0v) is 23.8. The van der Waals surface area contributed by atoms with Crippen molar-refractivity contribution in [2.24, 2.45) is 7.05 Å². The van der Waals surface area contributed by atoms with E-state index in [1.54, 1.807) is 10.6 Å². The summed E-state index contributed by atoms with van der Waals surface area (Å²) in [4.78, 5) is 20.5. The van der Waals surface area contributed by atoms with Crippen LogP contribution in [0.25, 0.3) is 33.1 Å². The van der Waals surface area contributed by atoms with Gasteiger partial charge in [0.05, 0.1) is 43.0 Å². The predicted molar refractivity (Wildman–Crippen MR) is 158 cm³/mol. The summed E-state index contributed by atoms with van der Waals surface area (Å²) < 4.78 is 9.19. The summed E-state index contributed by atoms with van der Waals surface area (Å²) in [5, 5.41) is 18.5. The molecular formula is C29H33ClN8O2. The van der Waals surface area contributed by atoms with Crippen LogP contribution >= 0.6 is 11.6 Å². The van der Waals surface area contributed by atoms with Crippen molar-refractivity contribution in [3.8, 4) is 11.3 Å². The first-order valence-corrected chi connectivity index (χ1v) is 14.0. The Kier molecular flexibility index (Phi) is 7.31. The lowest BCUT2D eigenvalue weighted by molar-refractivity contribution is 0.0361. The Hall–Kier alpha value is -3.73. The number of fused-ring (bicyclic) bond motifs is 3. The summed E-state index contributed by atoms with van der Waals surface area (Å²) in [6.07, 6.45) is 4.45. The predicted octanol–water partition coefficient (Wildman–Crippen LogP) is 3.93. The van der Waals surface area contributed by atoms with Crippen molar-refractivity contribution in [1.29, 1.82) is 0 Å². The summed E-state index contributed by atoms with van der Waals surface area (Å²) >= 11 is 6.23. The molecule has 10 nitrogen and oxygen atoms in total. The lowest BCUT2D eigenvalue weighted by Gasteiger charge is -2.26. The summed E-state index contributed by atoms with van der Waals surface area (Å²) in [5.74, 6) is 0. The van der Waals surface area contributed by atoms with E-state index in [-0.39, 0.29) is 5.56 Å². The summed E-state index contributed by atoms with van der Waals surface area (Å²) in [6.45, 7) is 9.55. The number of nitrogens with zero attached hydrogens (tertiary/aromatic N) is 6. The maximum atomic E-state index is 13.6. The molecule has 5 heterocycles. The molecule has 11 heteroatoms. The van der Waals surface area contributed by atoms with E-state index < -0.39 is 0 Å². The van der Waals surface area contributed by atoms with Gasteiger partial charge in [-0.2, -0.15) is 10.2 Å². The maximum Gasteiger partial charge on any atom is 0.259 e. The highest BCUT2D eigenvalue weighted by Crippen LogP contribution is 2.30. The largest absolute Gasteiger partial charge is 0.383 e. The average Bonchev–Trinajstić information content (AvgIpc) is 3.58. The zero-order chi connectivity index (χ0) is 27.8. The van der Waals surface area contributed by atoms with Gasteiger partial charge in [0.2, 0.25) is 0 Å². The minimum absolute atomic E-state index is 0.00634. The molecule has 5 aromatic rings. The molecule has 0 aliphatic carbocycles. The molecule has 1 saturated heterocycles. The molecule has 2 N–H and O–H groups in total. The van der Waals surface area contributed by atoms with Crippen LogP contribution in [0.4, 0.5) is 5.69 Å². The number of morpholine rings is 1. The summed E-state index contributed by atoms with van der Waals surface area (Å²) in [5.41, 5.74) is 6.40. The van der Waals surface area contributed by atoms with Crippen LogP contribution < -0.4 is 10.9 Å². The average molecular weight is 561 g/mol. The third kappa shape index (κ3) is 4.98. The minimum atomic E-state index is -0.00634. The SMILES string of the molecule is Cc1cc(CCNc2ccc(Cl)nc2-c2c[nH]nc2C)c2c(c1)c(=O)n(C)c1c2cnn1CCN1CCOCC1. The molecule has 0 unspecified atom stereocenters. The van der Waals surface area contributed by atoms with Gasteiger partial charge in [0.1, 0.15) is 10.8 Å². The second-order valence-corrected chi connectivity index (χ2v) is 10.7. The number of hydrogen-bond donors (Lipinski definition) is 2. The van der Waals surface area contributed by atoms with Crippen molar-refractivity contribution in [3.63, 3.8) is 0 Å². The van der Waals surface area contributed by atoms with Gasteiger partial charge in [-0.05, 0) is 44.0 Å². The van der Waals surface area contributed by atoms with Gasteiger partial charge >= 0.3 is 0 Å². The molecular weight excluding hydrogens is 528 g/mol. The molecule has 0 atom stereocenters. The van der Waals surface area contributed by atoms with Crippen LogP contribution in [0.15, 0.2) is 41.5 Å². The second kappa shape index (κ2) is 11.0. The van der Waals surface area contributed by atoms with E-state index in [0.717, 1.165) is 88.4 Å². The van der Waals surface area contributed by atoms with Crippen molar-refractivity contribution in [2.45, 2.75) is 26.8 Å². The van der Waals surface area contributed by atoms with Crippen molar-refractivity contribution < 1.29 is 4.74 Å². The van der Waals surface area contributed by atoms with E-state index in [4.69, 9.17) is 21.4 Å². The Bertz CT molecular complexity index is 1750. The smallest absolute Gasteiger partial charge is 0.259 e. The number of rotatable bonds is 8. The van der Waals surface area contributed by atoms with E-state index in [0.29, 0.717) is 24.7 Å². The Morgan fingerprint density at radius 2 is 1.95 bits per heavy atom. The number of benzene rings is 1. The highest BCUT2D eigenvalue weighted by atomic mass is 35.5. The molecule has 208 valence electrons. The molecule has 1 fully saturated rings. The Labute approximate surface area is 236 Å². The van der Waals surface area contributed by atoms with E-state index in [2.05, 4.69) is 31.5 Å². The first kappa shape index (κ1) is 26.5. The number of ether oxygens (including phenoxy) is 1. The fourth-order valence-corrected chi connectivity index (χ4v) is 5.82. The molecule has 0 radical (unpaired) electrons. The topological polar surface area (TPSA) is 106 Å². The third-order valence-electron chi connectivity index (χ3n) is 7.69. The van der Waals surface area contributed by atoms with Crippen molar-refractivity contribution in [3.05, 3.63) is 69.0 Å². The Morgan fingerprint density at radius 1 is 1.12 bits per heavy atom. The number of pyridine rings is 2. The van der Waals surface area contributed by atoms with Gasteiger partial charge in [-0.25, -0.2) is 9.67 Å². The van der Waals surface area contributed by atoms with Gasteiger partial charge < -0.3 is 10.1 Å². The highest BCUT2D eigenvalue weighted by Gasteiger charge is 2.19. The summed E-state index contributed by atoms with van der Waals surface area (Å²) in [6, 6.07) is 7.89. The van der Waals surface area contributed by atoms with E-state index in [1.165, 1.54) is 0 Å². The molecule has 0 bridgehead atoms. The number of aromatic nitrogens is 6.